The Bertz CT molecular complexity index is 1270. The molecule has 3 aromatic carbocycles. The number of carbonyl (C=O) groups is 1. The van der Waals surface area contributed by atoms with Crippen LogP contribution in [0.3, 0.4) is 0 Å². The molecule has 168 valence electrons. The molecule has 0 aliphatic rings. The molecule has 6 heteroatoms. The Morgan fingerprint density at radius 1 is 1.06 bits per heavy atom. The monoisotopic (exact) mass is 478 g/mol. The minimum atomic E-state index is -0.530. The summed E-state index contributed by atoms with van der Waals surface area (Å²) in [5.41, 5.74) is 6.14. The highest BCUT2D eigenvalue weighted by molar-refractivity contribution is 6.32. The summed E-state index contributed by atoms with van der Waals surface area (Å²) in [5, 5.41) is 13.4. The van der Waals surface area contributed by atoms with Gasteiger partial charge in [-0.3, -0.25) is 4.79 Å². The van der Waals surface area contributed by atoms with Crippen molar-refractivity contribution in [2.75, 3.05) is 12.4 Å². The zero-order chi connectivity index (χ0) is 24.1. The van der Waals surface area contributed by atoms with Crippen LogP contribution in [-0.2, 0) is 11.2 Å². The normalized spacial score (nSPS) is 11.1. The van der Waals surface area contributed by atoms with Crippen LogP contribution in [0.1, 0.15) is 33.4 Å². The zero-order valence-electron chi connectivity index (χ0n) is 18.9. The molecule has 0 unspecified atom stereocenters. The maximum atomic E-state index is 12.7. The van der Waals surface area contributed by atoms with Crippen molar-refractivity contribution in [2.24, 2.45) is 0 Å². The maximum absolute atomic E-state index is 12.7. The second-order valence-corrected chi connectivity index (χ2v) is 8.71. The van der Waals surface area contributed by atoms with E-state index in [0.29, 0.717) is 33.5 Å². The van der Waals surface area contributed by atoms with Crippen molar-refractivity contribution in [1.82, 2.24) is 0 Å². The third-order valence-electron chi connectivity index (χ3n) is 5.25. The number of benzene rings is 3. The van der Waals surface area contributed by atoms with E-state index in [1.807, 2.05) is 6.07 Å². The number of carbonyl (C=O) groups excluding carboxylic acids is 1. The molecule has 4 nitrogen and oxygen atoms in total. The van der Waals surface area contributed by atoms with Crippen molar-refractivity contribution in [3.05, 3.63) is 97.5 Å². The van der Waals surface area contributed by atoms with Crippen molar-refractivity contribution in [3.63, 3.8) is 0 Å². The molecule has 0 heterocycles. The molecule has 0 fully saturated rings. The van der Waals surface area contributed by atoms with E-state index in [9.17, 15) is 10.1 Å². The number of ether oxygens (including phenoxy) is 1. The van der Waals surface area contributed by atoms with Crippen molar-refractivity contribution in [2.45, 2.75) is 27.2 Å². The molecule has 0 saturated heterocycles. The second-order valence-electron chi connectivity index (χ2n) is 7.89. The smallest absolute Gasteiger partial charge is 0.266 e. The molecule has 0 radical (unpaired) electrons. The molecule has 0 atom stereocenters. The summed E-state index contributed by atoms with van der Waals surface area (Å²) in [7, 11) is 1.57. The predicted molar refractivity (Wildman–Crippen MR) is 135 cm³/mol. The van der Waals surface area contributed by atoms with Gasteiger partial charge in [0.1, 0.15) is 17.4 Å². The number of halogens is 2. The standard InChI is InChI=1S/C27H24Cl2N2O2/c1-16-8-17(2)10-19(9-16)12-22-24(29)13-20(14-26(22)33-4)11-21(15-30)27(32)31-25-7-5-6-23(28)18(25)3/h5-11,13-14H,12H2,1-4H3,(H,31,32)/b21-11+. The van der Waals surface area contributed by atoms with E-state index < -0.39 is 5.91 Å². The topological polar surface area (TPSA) is 62.1 Å². The number of amides is 1. The van der Waals surface area contributed by atoms with E-state index in [1.54, 1.807) is 44.4 Å². The summed E-state index contributed by atoms with van der Waals surface area (Å²) in [6.45, 7) is 5.91. The van der Waals surface area contributed by atoms with Crippen LogP contribution in [0.5, 0.6) is 5.75 Å². The molecular weight excluding hydrogens is 455 g/mol. The molecule has 0 saturated carbocycles. The number of anilines is 1. The highest BCUT2D eigenvalue weighted by Crippen LogP contribution is 2.32. The Morgan fingerprint density at radius 3 is 2.39 bits per heavy atom. The average Bonchev–Trinajstić information content (AvgIpc) is 2.76. The minimum absolute atomic E-state index is 0.0606. The molecule has 3 rings (SSSR count). The summed E-state index contributed by atoms with van der Waals surface area (Å²) >= 11 is 12.7. The number of hydrogen-bond donors (Lipinski definition) is 1. The summed E-state index contributed by atoms with van der Waals surface area (Å²) in [6, 6.07) is 17.0. The number of nitrogens with zero attached hydrogens (tertiary/aromatic N) is 1. The highest BCUT2D eigenvalue weighted by atomic mass is 35.5. The van der Waals surface area contributed by atoms with E-state index in [1.165, 1.54) is 17.2 Å². The molecule has 0 bridgehead atoms. The van der Waals surface area contributed by atoms with E-state index in [4.69, 9.17) is 27.9 Å². The van der Waals surface area contributed by atoms with E-state index in [-0.39, 0.29) is 5.57 Å². The quantitative estimate of drug-likeness (QED) is 0.304. The van der Waals surface area contributed by atoms with Gasteiger partial charge in [-0.2, -0.15) is 5.26 Å². The maximum Gasteiger partial charge on any atom is 0.266 e. The molecular formula is C27H24Cl2N2O2. The predicted octanol–water partition coefficient (Wildman–Crippen LogP) is 7.06. The van der Waals surface area contributed by atoms with Crippen molar-refractivity contribution in [1.29, 1.82) is 5.26 Å². The van der Waals surface area contributed by atoms with Gasteiger partial charge in [0.2, 0.25) is 0 Å². The van der Waals surface area contributed by atoms with Crippen LogP contribution in [0.2, 0.25) is 10.0 Å². The van der Waals surface area contributed by atoms with Crippen molar-refractivity contribution >= 4 is 40.9 Å². The molecule has 1 N–H and O–H groups in total. The first-order valence-corrected chi connectivity index (χ1v) is 11.1. The van der Waals surface area contributed by atoms with Crippen molar-refractivity contribution < 1.29 is 9.53 Å². The fourth-order valence-electron chi connectivity index (χ4n) is 3.69. The summed E-state index contributed by atoms with van der Waals surface area (Å²) in [4.78, 5) is 12.7. The minimum Gasteiger partial charge on any atom is -0.496 e. The number of nitriles is 1. The van der Waals surface area contributed by atoms with E-state index >= 15 is 0 Å². The SMILES string of the molecule is COc1cc(/C=C(\C#N)C(=O)Nc2cccc(Cl)c2C)cc(Cl)c1Cc1cc(C)cc(C)c1. The Balaban J connectivity index is 1.91. The lowest BCUT2D eigenvalue weighted by molar-refractivity contribution is -0.112. The van der Waals surface area contributed by atoms with Gasteiger partial charge in [-0.05, 0) is 67.8 Å². The summed E-state index contributed by atoms with van der Waals surface area (Å²) in [5.74, 6) is 0.0635. The fraction of sp³-hybridized carbons (Fsp3) is 0.185. The number of nitrogens with one attached hydrogen (secondary N) is 1. The summed E-state index contributed by atoms with van der Waals surface area (Å²) < 4.78 is 5.59. The van der Waals surface area contributed by atoms with Gasteiger partial charge in [-0.15, -0.1) is 0 Å². The van der Waals surface area contributed by atoms with Gasteiger partial charge in [0, 0.05) is 27.7 Å². The van der Waals surface area contributed by atoms with Gasteiger partial charge >= 0.3 is 0 Å². The highest BCUT2D eigenvalue weighted by Gasteiger charge is 2.15. The number of hydrogen-bond acceptors (Lipinski definition) is 3. The van der Waals surface area contributed by atoms with Gasteiger partial charge in [-0.25, -0.2) is 0 Å². The lowest BCUT2D eigenvalue weighted by Crippen LogP contribution is -2.14. The number of aryl methyl sites for hydroxylation is 2. The molecule has 33 heavy (non-hydrogen) atoms. The third kappa shape index (κ3) is 5.96. The first-order chi connectivity index (χ1) is 15.7. The van der Waals surface area contributed by atoms with Gasteiger partial charge in [-0.1, -0.05) is 58.6 Å². The Morgan fingerprint density at radius 2 is 1.76 bits per heavy atom. The molecule has 1 amide bonds. The molecule has 0 aliphatic carbocycles. The van der Waals surface area contributed by atoms with Gasteiger partial charge in [0.25, 0.3) is 5.91 Å². The largest absolute Gasteiger partial charge is 0.496 e. The van der Waals surface area contributed by atoms with Crippen LogP contribution < -0.4 is 10.1 Å². The number of rotatable bonds is 6. The zero-order valence-corrected chi connectivity index (χ0v) is 20.4. The van der Waals surface area contributed by atoms with Crippen LogP contribution in [-0.4, -0.2) is 13.0 Å². The van der Waals surface area contributed by atoms with Crippen molar-refractivity contribution in [3.8, 4) is 11.8 Å². The third-order valence-corrected chi connectivity index (χ3v) is 6.00. The molecule has 0 aliphatic heterocycles. The van der Waals surface area contributed by atoms with E-state index in [0.717, 1.165) is 16.7 Å². The van der Waals surface area contributed by atoms with Crippen LogP contribution in [0.25, 0.3) is 6.08 Å². The molecule has 0 aromatic heterocycles. The lowest BCUT2D eigenvalue weighted by Gasteiger charge is -2.13. The Hall–Kier alpha value is -3.26. The second kappa shape index (κ2) is 10.6. The van der Waals surface area contributed by atoms with Gasteiger partial charge in [0.05, 0.1) is 7.11 Å². The van der Waals surface area contributed by atoms with Gasteiger partial charge in [0.15, 0.2) is 0 Å². The number of methoxy groups -OCH3 is 1. The lowest BCUT2D eigenvalue weighted by atomic mass is 9.98. The fourth-order valence-corrected chi connectivity index (χ4v) is 4.15. The Labute approximate surface area is 204 Å². The van der Waals surface area contributed by atoms with Crippen LogP contribution in [0.15, 0.2) is 54.1 Å². The van der Waals surface area contributed by atoms with Crippen LogP contribution >= 0.6 is 23.2 Å². The van der Waals surface area contributed by atoms with Crippen LogP contribution in [0, 0.1) is 32.1 Å². The first-order valence-electron chi connectivity index (χ1n) is 10.3. The molecule has 0 spiro atoms. The van der Waals surface area contributed by atoms with Gasteiger partial charge < -0.3 is 10.1 Å². The Kier molecular flexibility index (Phi) is 7.81. The molecule has 3 aromatic rings. The van der Waals surface area contributed by atoms with E-state index in [2.05, 4.69) is 37.4 Å². The first kappa shape index (κ1) is 24.4. The van der Waals surface area contributed by atoms with Crippen LogP contribution in [0.4, 0.5) is 5.69 Å². The average molecular weight is 479 g/mol. The summed E-state index contributed by atoms with van der Waals surface area (Å²) in [6.07, 6.45) is 2.10.